The van der Waals surface area contributed by atoms with Gasteiger partial charge in [-0.05, 0) is 36.8 Å². The highest BCUT2D eigenvalue weighted by molar-refractivity contribution is 5.43. The van der Waals surface area contributed by atoms with Crippen LogP contribution >= 0.6 is 0 Å². The summed E-state index contributed by atoms with van der Waals surface area (Å²) in [5.74, 6) is 6.35. The summed E-state index contributed by atoms with van der Waals surface area (Å²) in [5, 5.41) is 12.8. The van der Waals surface area contributed by atoms with Gasteiger partial charge < -0.3 is 9.84 Å². The van der Waals surface area contributed by atoms with Crippen LogP contribution in [0.2, 0.25) is 0 Å². The molecule has 0 saturated heterocycles. The Balaban J connectivity index is 1.93. The van der Waals surface area contributed by atoms with E-state index in [0.29, 0.717) is 6.61 Å². The molecule has 4 nitrogen and oxygen atoms in total. The molecule has 0 amide bonds. The van der Waals surface area contributed by atoms with Gasteiger partial charge in [-0.3, -0.25) is 4.68 Å². The molecule has 0 unspecified atom stereocenters. The number of rotatable bonds is 4. The van der Waals surface area contributed by atoms with Crippen molar-refractivity contribution in [2.24, 2.45) is 0 Å². The van der Waals surface area contributed by atoms with E-state index in [4.69, 9.17) is 9.84 Å². The van der Waals surface area contributed by atoms with E-state index in [2.05, 4.69) is 16.9 Å². The smallest absolute Gasteiger partial charge is 0.122 e. The average Bonchev–Trinajstić information content (AvgIpc) is 2.92. The maximum atomic E-state index is 8.65. The topological polar surface area (TPSA) is 47.3 Å². The molecule has 0 aliphatic heterocycles. The minimum Gasteiger partial charge on any atom is -0.491 e. The van der Waals surface area contributed by atoms with Gasteiger partial charge in [-0.2, -0.15) is 5.10 Å². The van der Waals surface area contributed by atoms with Gasteiger partial charge in [-0.25, -0.2) is 0 Å². The van der Waals surface area contributed by atoms with Crippen molar-refractivity contribution in [2.45, 2.75) is 13.5 Å². The third kappa shape index (κ3) is 3.87. The minimum atomic E-state index is -0.124. The Morgan fingerprint density at radius 3 is 3.00 bits per heavy atom. The van der Waals surface area contributed by atoms with Crippen LogP contribution in [-0.2, 0) is 6.54 Å². The van der Waals surface area contributed by atoms with Gasteiger partial charge in [-0.15, -0.1) is 0 Å². The maximum Gasteiger partial charge on any atom is 0.122 e. The number of ether oxygens (including phenoxy) is 1. The summed E-state index contributed by atoms with van der Waals surface area (Å²) in [5.41, 5.74) is 1.91. The number of hydrogen-bond acceptors (Lipinski definition) is 3. The molecule has 2 aromatic rings. The van der Waals surface area contributed by atoms with E-state index in [1.54, 1.807) is 6.20 Å². The van der Waals surface area contributed by atoms with Crippen LogP contribution in [0.4, 0.5) is 0 Å². The number of nitrogens with zero attached hydrogens (tertiary/aromatic N) is 2. The largest absolute Gasteiger partial charge is 0.491 e. The molecule has 2 rings (SSSR count). The fourth-order valence-corrected chi connectivity index (χ4v) is 1.71. The third-order valence-electron chi connectivity index (χ3n) is 2.62. The zero-order valence-corrected chi connectivity index (χ0v) is 10.8. The second-order valence-corrected chi connectivity index (χ2v) is 4.06. The summed E-state index contributed by atoms with van der Waals surface area (Å²) in [6, 6.07) is 7.63. The molecular formula is C15H16N2O2. The molecule has 1 aromatic carbocycles. The van der Waals surface area contributed by atoms with E-state index < -0.39 is 0 Å². The zero-order chi connectivity index (χ0) is 13.5. The van der Waals surface area contributed by atoms with Gasteiger partial charge in [0.05, 0.1) is 6.54 Å². The van der Waals surface area contributed by atoms with E-state index >= 15 is 0 Å². The quantitative estimate of drug-likeness (QED) is 0.845. The van der Waals surface area contributed by atoms with Crippen LogP contribution in [-0.4, -0.2) is 28.1 Å². The zero-order valence-electron chi connectivity index (χ0n) is 10.8. The van der Waals surface area contributed by atoms with Gasteiger partial charge in [0.2, 0.25) is 0 Å². The lowest BCUT2D eigenvalue weighted by Crippen LogP contribution is -2.08. The first-order valence-electron chi connectivity index (χ1n) is 6.10. The molecule has 0 aliphatic carbocycles. The highest BCUT2D eigenvalue weighted by atomic mass is 16.5. The van der Waals surface area contributed by atoms with E-state index in [1.165, 1.54) is 0 Å². The third-order valence-corrected chi connectivity index (χ3v) is 2.62. The highest BCUT2D eigenvalue weighted by Gasteiger charge is 2.00. The maximum absolute atomic E-state index is 8.65. The van der Waals surface area contributed by atoms with Gasteiger partial charge in [0.1, 0.15) is 19.0 Å². The van der Waals surface area contributed by atoms with E-state index in [9.17, 15) is 0 Å². The van der Waals surface area contributed by atoms with Crippen molar-refractivity contribution in [2.75, 3.05) is 13.2 Å². The van der Waals surface area contributed by atoms with Crippen molar-refractivity contribution in [3.05, 3.63) is 47.8 Å². The Bertz CT molecular complexity index is 580. The standard InChI is InChI=1S/C15H16N2O2/c1-13-12-14(4-2-10-18)5-6-15(13)19-11-9-17-8-3-7-16-17/h3,5-8,12,18H,9-11H2,1H3. The molecule has 0 radical (unpaired) electrons. The first-order valence-corrected chi connectivity index (χ1v) is 6.10. The number of aromatic nitrogens is 2. The van der Waals surface area contributed by atoms with Gasteiger partial charge >= 0.3 is 0 Å². The van der Waals surface area contributed by atoms with E-state index in [1.807, 2.05) is 42.1 Å². The molecule has 0 saturated carbocycles. The molecule has 0 spiro atoms. The number of hydrogen-bond donors (Lipinski definition) is 1. The summed E-state index contributed by atoms with van der Waals surface area (Å²) in [7, 11) is 0. The van der Waals surface area contributed by atoms with Crippen molar-refractivity contribution in [3.63, 3.8) is 0 Å². The average molecular weight is 256 g/mol. The lowest BCUT2D eigenvalue weighted by atomic mass is 10.1. The Kier molecular flexibility index (Phi) is 4.60. The van der Waals surface area contributed by atoms with Gasteiger partial charge in [0.15, 0.2) is 0 Å². The predicted molar refractivity (Wildman–Crippen MR) is 72.9 cm³/mol. The highest BCUT2D eigenvalue weighted by Crippen LogP contribution is 2.18. The van der Waals surface area contributed by atoms with Crippen molar-refractivity contribution in [1.82, 2.24) is 9.78 Å². The van der Waals surface area contributed by atoms with E-state index in [-0.39, 0.29) is 6.61 Å². The molecule has 19 heavy (non-hydrogen) atoms. The van der Waals surface area contributed by atoms with Gasteiger partial charge in [0, 0.05) is 18.0 Å². The van der Waals surface area contributed by atoms with Crippen LogP contribution in [0.3, 0.4) is 0 Å². The van der Waals surface area contributed by atoms with Gasteiger partial charge in [-0.1, -0.05) is 11.8 Å². The molecule has 0 atom stereocenters. The summed E-state index contributed by atoms with van der Waals surface area (Å²) in [6.45, 7) is 3.15. The lowest BCUT2D eigenvalue weighted by Gasteiger charge is -2.09. The minimum absolute atomic E-state index is 0.124. The Morgan fingerprint density at radius 1 is 1.42 bits per heavy atom. The van der Waals surface area contributed by atoms with Crippen LogP contribution < -0.4 is 4.74 Å². The Morgan fingerprint density at radius 2 is 2.32 bits per heavy atom. The number of benzene rings is 1. The summed E-state index contributed by atoms with van der Waals surface area (Å²) >= 11 is 0. The van der Waals surface area contributed by atoms with Crippen LogP contribution in [0.15, 0.2) is 36.7 Å². The molecule has 0 fully saturated rings. The van der Waals surface area contributed by atoms with Crippen molar-refractivity contribution in [3.8, 4) is 17.6 Å². The van der Waals surface area contributed by atoms with Crippen LogP contribution in [0.1, 0.15) is 11.1 Å². The summed E-state index contributed by atoms with van der Waals surface area (Å²) < 4.78 is 7.54. The SMILES string of the molecule is Cc1cc(C#CCO)ccc1OCCn1cccn1. The molecular weight excluding hydrogens is 240 g/mol. The number of aliphatic hydroxyl groups is 1. The predicted octanol–water partition coefficient (Wildman–Crippen LogP) is 1.61. The van der Waals surface area contributed by atoms with Crippen LogP contribution in [0.5, 0.6) is 5.75 Å². The van der Waals surface area contributed by atoms with Crippen molar-refractivity contribution in [1.29, 1.82) is 0 Å². The Labute approximate surface area is 112 Å². The molecule has 0 aliphatic rings. The Hall–Kier alpha value is -2.25. The fourth-order valence-electron chi connectivity index (χ4n) is 1.71. The first kappa shape index (κ1) is 13.2. The second-order valence-electron chi connectivity index (χ2n) is 4.06. The first-order chi connectivity index (χ1) is 9.29. The number of aryl methyl sites for hydroxylation is 1. The lowest BCUT2D eigenvalue weighted by molar-refractivity contribution is 0.289. The second kappa shape index (κ2) is 6.62. The van der Waals surface area contributed by atoms with Crippen LogP contribution in [0.25, 0.3) is 0 Å². The number of aliphatic hydroxyl groups excluding tert-OH is 1. The fraction of sp³-hybridized carbons (Fsp3) is 0.267. The summed E-state index contributed by atoms with van der Waals surface area (Å²) in [4.78, 5) is 0. The molecule has 0 bridgehead atoms. The molecule has 4 heteroatoms. The summed E-state index contributed by atoms with van der Waals surface area (Å²) in [6.07, 6.45) is 3.66. The van der Waals surface area contributed by atoms with Crippen molar-refractivity contribution < 1.29 is 9.84 Å². The molecule has 98 valence electrons. The van der Waals surface area contributed by atoms with Crippen LogP contribution in [0, 0.1) is 18.8 Å². The molecule has 1 aromatic heterocycles. The normalized spacial score (nSPS) is 9.79. The molecule has 1 N–H and O–H groups in total. The monoisotopic (exact) mass is 256 g/mol. The van der Waals surface area contributed by atoms with E-state index in [0.717, 1.165) is 23.4 Å². The van der Waals surface area contributed by atoms with Crippen molar-refractivity contribution >= 4 is 0 Å². The molecule has 1 heterocycles. The van der Waals surface area contributed by atoms with Gasteiger partial charge in [0.25, 0.3) is 0 Å².